The Morgan fingerprint density at radius 3 is 2.40 bits per heavy atom. The maximum atomic E-state index is 13.3. The number of ether oxygens (including phenoxy) is 1. The van der Waals surface area contributed by atoms with Crippen molar-refractivity contribution in [1.29, 1.82) is 0 Å². The first kappa shape index (κ1) is 17.4. The molecule has 1 nitrogen and oxygen atoms in total. The fourth-order valence-corrected chi connectivity index (χ4v) is 2.14. The lowest BCUT2D eigenvalue weighted by atomic mass is 10.2. The van der Waals surface area contributed by atoms with Crippen molar-refractivity contribution < 1.29 is 26.7 Å². The van der Waals surface area contributed by atoms with Gasteiger partial charge in [0.25, 0.3) is 0 Å². The van der Waals surface area contributed by atoms with Crippen molar-refractivity contribution in [2.24, 2.45) is 0 Å². The molecule has 0 amide bonds. The zero-order chi connectivity index (χ0) is 15.2. The molecule has 0 aliphatic rings. The zero-order valence-corrected chi connectivity index (χ0v) is 12.1. The highest BCUT2D eigenvalue weighted by atomic mass is 32.2. The molecule has 0 saturated carbocycles. The predicted octanol–water partition coefficient (Wildman–Crippen LogP) is 5.06. The van der Waals surface area contributed by atoms with Crippen LogP contribution in [0.3, 0.4) is 0 Å². The fourth-order valence-electron chi connectivity index (χ4n) is 1.38. The topological polar surface area (TPSA) is 9.23 Å². The van der Waals surface area contributed by atoms with Crippen LogP contribution in [0, 0.1) is 11.6 Å². The summed E-state index contributed by atoms with van der Waals surface area (Å²) in [5.41, 5.74) is -4.20. The highest BCUT2D eigenvalue weighted by Gasteiger charge is 2.27. The number of halogens is 5. The maximum absolute atomic E-state index is 13.3. The quantitative estimate of drug-likeness (QED) is 0.425. The summed E-state index contributed by atoms with van der Waals surface area (Å²) in [6.45, 7) is 0.159. The Balaban J connectivity index is 2.20. The van der Waals surface area contributed by atoms with Gasteiger partial charge in [-0.3, -0.25) is 0 Å². The van der Waals surface area contributed by atoms with E-state index in [-0.39, 0.29) is 34.8 Å². The van der Waals surface area contributed by atoms with Gasteiger partial charge in [0.1, 0.15) is 5.82 Å². The molecule has 0 atom stereocenters. The molecule has 0 aromatic heterocycles. The van der Waals surface area contributed by atoms with Gasteiger partial charge in [-0.1, -0.05) is 11.8 Å². The van der Waals surface area contributed by atoms with Crippen LogP contribution in [0.5, 0.6) is 5.75 Å². The van der Waals surface area contributed by atoms with Gasteiger partial charge in [-0.05, 0) is 25.3 Å². The third-order valence-corrected chi connectivity index (χ3v) is 3.48. The zero-order valence-electron chi connectivity index (χ0n) is 10.3. The minimum Gasteiger partial charge on any atom is -0.490 e. The summed E-state index contributed by atoms with van der Waals surface area (Å²) in [6, 6.07) is 1.81. The molecule has 8 heteroatoms. The van der Waals surface area contributed by atoms with Gasteiger partial charge in [-0.25, -0.2) is 8.78 Å². The van der Waals surface area contributed by atoms with Crippen LogP contribution < -0.4 is 4.74 Å². The molecule has 0 bridgehead atoms. The second kappa shape index (κ2) is 7.97. The van der Waals surface area contributed by atoms with E-state index in [0.717, 1.165) is 6.07 Å². The largest absolute Gasteiger partial charge is 0.490 e. The van der Waals surface area contributed by atoms with Gasteiger partial charge in [-0.15, -0.1) is 12.6 Å². The van der Waals surface area contributed by atoms with Crippen molar-refractivity contribution in [3.8, 4) is 5.75 Å². The van der Waals surface area contributed by atoms with E-state index in [0.29, 0.717) is 25.3 Å². The van der Waals surface area contributed by atoms with Gasteiger partial charge in [0.05, 0.1) is 6.61 Å². The van der Waals surface area contributed by atoms with E-state index in [4.69, 9.17) is 4.74 Å². The van der Waals surface area contributed by atoms with Crippen LogP contribution >= 0.6 is 24.4 Å². The van der Waals surface area contributed by atoms with Crippen LogP contribution in [0.4, 0.5) is 22.0 Å². The Hall–Kier alpha value is -0.630. The molecular weight excluding hydrogens is 319 g/mol. The molecule has 0 heterocycles. The molecule has 0 spiro atoms. The van der Waals surface area contributed by atoms with E-state index >= 15 is 0 Å². The number of rotatable bonds is 7. The molecule has 114 valence electrons. The number of benzene rings is 1. The standard InChI is InChI=1S/C12H13F5OS2/c13-8-6-9(14)11(19)7-10(8)18-4-2-1-3-5-20-12(15,16)17/h6-7,19H,1-5H2. The summed E-state index contributed by atoms with van der Waals surface area (Å²) in [5, 5.41) is 0. The van der Waals surface area contributed by atoms with E-state index in [1.165, 1.54) is 0 Å². The van der Waals surface area contributed by atoms with Crippen molar-refractivity contribution >= 4 is 24.4 Å². The second-order valence-corrected chi connectivity index (χ2v) is 5.58. The molecule has 0 radical (unpaired) electrons. The van der Waals surface area contributed by atoms with Gasteiger partial charge in [0.2, 0.25) is 0 Å². The van der Waals surface area contributed by atoms with Gasteiger partial charge < -0.3 is 4.74 Å². The molecule has 20 heavy (non-hydrogen) atoms. The SMILES string of the molecule is Fc1cc(F)c(OCCCCCSC(F)(F)F)cc1S. The lowest BCUT2D eigenvalue weighted by molar-refractivity contribution is -0.0328. The summed E-state index contributed by atoms with van der Waals surface area (Å²) < 4.78 is 66.8. The summed E-state index contributed by atoms with van der Waals surface area (Å²) >= 11 is 3.74. The van der Waals surface area contributed by atoms with Crippen LogP contribution in [-0.4, -0.2) is 17.9 Å². The average Bonchev–Trinajstić information content (AvgIpc) is 2.32. The Kier molecular flexibility index (Phi) is 6.94. The maximum Gasteiger partial charge on any atom is 0.441 e. The molecule has 0 aliphatic carbocycles. The number of hydrogen-bond donors (Lipinski definition) is 1. The van der Waals surface area contributed by atoms with Gasteiger partial charge >= 0.3 is 5.51 Å². The lowest BCUT2D eigenvalue weighted by Gasteiger charge is -2.08. The third kappa shape index (κ3) is 6.69. The van der Waals surface area contributed by atoms with Crippen LogP contribution in [-0.2, 0) is 0 Å². The van der Waals surface area contributed by atoms with Crippen molar-refractivity contribution in [1.82, 2.24) is 0 Å². The summed E-state index contributed by atoms with van der Waals surface area (Å²) in [6.07, 6.45) is 1.44. The Morgan fingerprint density at radius 1 is 1.05 bits per heavy atom. The van der Waals surface area contributed by atoms with E-state index < -0.39 is 17.1 Å². The minimum atomic E-state index is -4.20. The fraction of sp³-hybridized carbons (Fsp3) is 0.500. The molecular formula is C12H13F5OS2. The summed E-state index contributed by atoms with van der Waals surface area (Å²) in [5.74, 6) is -1.72. The molecule has 0 aliphatic heterocycles. The van der Waals surface area contributed by atoms with Crippen LogP contribution in [0.2, 0.25) is 0 Å². The molecule has 0 N–H and O–H groups in total. The first-order valence-corrected chi connectivity index (χ1v) is 7.24. The molecule has 1 aromatic carbocycles. The number of thiol groups is 1. The normalized spacial score (nSPS) is 11.7. The summed E-state index contributed by atoms with van der Waals surface area (Å²) in [4.78, 5) is -0.0250. The molecule has 0 saturated heterocycles. The number of unbranched alkanes of at least 4 members (excludes halogenated alkanes) is 2. The summed E-state index contributed by atoms with van der Waals surface area (Å²) in [7, 11) is 0. The second-order valence-electron chi connectivity index (χ2n) is 3.94. The molecule has 1 rings (SSSR count). The van der Waals surface area contributed by atoms with E-state index in [1.54, 1.807) is 0 Å². The van der Waals surface area contributed by atoms with E-state index in [1.807, 2.05) is 0 Å². The highest BCUT2D eigenvalue weighted by molar-refractivity contribution is 8.00. The van der Waals surface area contributed by atoms with Gasteiger partial charge in [-0.2, -0.15) is 13.2 Å². The molecule has 0 fully saturated rings. The lowest BCUT2D eigenvalue weighted by Crippen LogP contribution is -2.03. The average molecular weight is 332 g/mol. The number of thioether (sulfide) groups is 1. The van der Waals surface area contributed by atoms with Crippen molar-refractivity contribution in [2.75, 3.05) is 12.4 Å². The van der Waals surface area contributed by atoms with Crippen LogP contribution in [0.25, 0.3) is 0 Å². The van der Waals surface area contributed by atoms with Crippen LogP contribution in [0.15, 0.2) is 17.0 Å². The van der Waals surface area contributed by atoms with Crippen molar-refractivity contribution in [3.63, 3.8) is 0 Å². The first-order chi connectivity index (χ1) is 9.29. The Labute approximate surface area is 123 Å². The highest BCUT2D eigenvalue weighted by Crippen LogP contribution is 2.30. The van der Waals surface area contributed by atoms with Crippen molar-refractivity contribution in [2.45, 2.75) is 29.7 Å². The van der Waals surface area contributed by atoms with Gasteiger partial charge in [0.15, 0.2) is 11.6 Å². The van der Waals surface area contributed by atoms with Crippen LogP contribution in [0.1, 0.15) is 19.3 Å². The third-order valence-electron chi connectivity index (χ3n) is 2.31. The van der Waals surface area contributed by atoms with Gasteiger partial charge in [0, 0.05) is 16.7 Å². The Bertz CT molecular complexity index is 437. The number of alkyl halides is 3. The van der Waals surface area contributed by atoms with E-state index in [2.05, 4.69) is 12.6 Å². The minimum absolute atomic E-state index is 0.00476. The van der Waals surface area contributed by atoms with Crippen molar-refractivity contribution in [3.05, 3.63) is 23.8 Å². The Morgan fingerprint density at radius 2 is 1.75 bits per heavy atom. The number of hydrogen-bond acceptors (Lipinski definition) is 3. The first-order valence-electron chi connectivity index (χ1n) is 5.81. The monoisotopic (exact) mass is 332 g/mol. The van der Waals surface area contributed by atoms with E-state index in [9.17, 15) is 22.0 Å². The smallest absolute Gasteiger partial charge is 0.441 e. The molecule has 0 unspecified atom stereocenters. The predicted molar refractivity (Wildman–Crippen MR) is 71.5 cm³/mol. The molecule has 1 aromatic rings.